The Morgan fingerprint density at radius 3 is 2.08 bits per heavy atom. The molecule has 0 spiro atoms. The van der Waals surface area contributed by atoms with Crippen molar-refractivity contribution in [2.75, 3.05) is 19.7 Å². The van der Waals surface area contributed by atoms with E-state index in [0.29, 0.717) is 24.6 Å². The number of rotatable bonds is 16. The van der Waals surface area contributed by atoms with Crippen LogP contribution in [0.3, 0.4) is 0 Å². The molecule has 0 bridgehead atoms. The topological polar surface area (TPSA) is 78.3 Å². The molecule has 0 saturated heterocycles. The van der Waals surface area contributed by atoms with E-state index < -0.39 is 0 Å². The molecule has 2 aliphatic carbocycles. The minimum absolute atomic E-state index is 0.137. The fraction of sp³-hybridized carbons (Fsp3) is 0.686. The van der Waals surface area contributed by atoms with Gasteiger partial charge in [-0.3, -0.25) is 0 Å². The molecule has 2 fully saturated rings. The van der Waals surface area contributed by atoms with E-state index in [0.717, 1.165) is 29.7 Å². The maximum atomic E-state index is 12.1. The van der Waals surface area contributed by atoms with Crippen LogP contribution < -0.4 is 11.5 Å². The normalized spacial score (nSPS) is 24.2. The maximum absolute atomic E-state index is 12.1. The van der Waals surface area contributed by atoms with E-state index in [1.165, 1.54) is 95.5 Å². The van der Waals surface area contributed by atoms with Crippen molar-refractivity contribution in [3.05, 3.63) is 59.7 Å². The first-order chi connectivity index (χ1) is 18.9. The van der Waals surface area contributed by atoms with Crippen LogP contribution in [0.25, 0.3) is 0 Å². The Hall–Kier alpha value is -1.91. The fourth-order valence-corrected chi connectivity index (χ4v) is 6.92. The summed E-state index contributed by atoms with van der Waals surface area (Å²) in [4.78, 5) is 12.1. The van der Waals surface area contributed by atoms with Gasteiger partial charge in [0.15, 0.2) is 0 Å². The lowest BCUT2D eigenvalue weighted by Gasteiger charge is -2.35. The second-order valence-corrected chi connectivity index (χ2v) is 12.6. The molecule has 2 aliphatic rings. The van der Waals surface area contributed by atoms with Crippen LogP contribution >= 0.6 is 0 Å². The van der Waals surface area contributed by atoms with Crippen molar-refractivity contribution in [1.82, 2.24) is 0 Å². The molecular weight excluding hydrogens is 480 g/mol. The summed E-state index contributed by atoms with van der Waals surface area (Å²) >= 11 is 0. The number of hydrogen-bond acceptors (Lipinski definition) is 4. The van der Waals surface area contributed by atoms with E-state index >= 15 is 0 Å². The Labute approximate surface area is 239 Å². The van der Waals surface area contributed by atoms with Gasteiger partial charge in [-0.05, 0) is 98.5 Å². The monoisotopic (exact) mass is 536 g/mol. The molecule has 0 aromatic heterocycles. The molecule has 1 aromatic carbocycles. The summed E-state index contributed by atoms with van der Waals surface area (Å²) in [6, 6.07) is 9.59. The molecule has 1 aromatic rings. The minimum atomic E-state index is -0.372. The lowest BCUT2D eigenvalue weighted by atomic mass is 9.71. The number of nitrogens with two attached hydrogens (primary N) is 2. The van der Waals surface area contributed by atoms with Gasteiger partial charge in [0.05, 0.1) is 6.61 Å². The van der Waals surface area contributed by atoms with Gasteiger partial charge in [0.2, 0.25) is 0 Å². The van der Waals surface area contributed by atoms with Gasteiger partial charge in [0.1, 0.15) is 0 Å². The smallest absolute Gasteiger partial charge is 0.334 e. The number of esters is 1. The van der Waals surface area contributed by atoms with Gasteiger partial charge in [-0.25, -0.2) is 4.79 Å². The van der Waals surface area contributed by atoms with Crippen LogP contribution in [-0.4, -0.2) is 25.7 Å². The summed E-state index contributed by atoms with van der Waals surface area (Å²) in [5.74, 6) is 3.00. The molecular formula is C35H56N2O2. The number of unbranched alkanes of at least 4 members (excludes halogenated alkanes) is 2. The second kappa shape index (κ2) is 17.0. The Morgan fingerprint density at radius 2 is 1.51 bits per heavy atom. The Bertz CT molecular complexity index is 876. The number of benzene rings is 1. The zero-order valence-electron chi connectivity index (χ0n) is 24.8. The molecule has 0 aliphatic heterocycles. The van der Waals surface area contributed by atoms with E-state index in [4.69, 9.17) is 16.2 Å². The Balaban J connectivity index is 1.37. The highest BCUT2D eigenvalue weighted by molar-refractivity contribution is 5.88. The van der Waals surface area contributed by atoms with Gasteiger partial charge in [0.25, 0.3) is 0 Å². The van der Waals surface area contributed by atoms with E-state index in [1.54, 1.807) is 5.56 Å². The van der Waals surface area contributed by atoms with Gasteiger partial charge in [-0.15, -0.1) is 0 Å². The van der Waals surface area contributed by atoms with Gasteiger partial charge in [-0.2, -0.15) is 0 Å². The van der Waals surface area contributed by atoms with Crippen molar-refractivity contribution < 1.29 is 9.53 Å². The van der Waals surface area contributed by atoms with Crippen LogP contribution in [-0.2, 0) is 16.0 Å². The number of carbonyl (C=O) groups excluding carboxylic acids is 1. The van der Waals surface area contributed by atoms with Crippen molar-refractivity contribution in [2.45, 2.75) is 109 Å². The first-order valence-corrected chi connectivity index (χ1v) is 15.9. The lowest BCUT2D eigenvalue weighted by Crippen LogP contribution is -2.28. The highest BCUT2D eigenvalue weighted by Crippen LogP contribution is 2.41. The SMILES string of the molecule is C=C(CN)CC(COC(=O)C(=C)CN)C1CCC(CCC2CCC(c3ccc(CCCCC)cc3)CC2)CC1. The first-order valence-electron chi connectivity index (χ1n) is 15.9. The predicted molar refractivity (Wildman–Crippen MR) is 165 cm³/mol. The third-order valence-electron chi connectivity index (χ3n) is 9.71. The van der Waals surface area contributed by atoms with E-state index in [1.807, 2.05) is 0 Å². The van der Waals surface area contributed by atoms with E-state index in [2.05, 4.69) is 44.3 Å². The van der Waals surface area contributed by atoms with Crippen LogP contribution in [0.5, 0.6) is 0 Å². The van der Waals surface area contributed by atoms with Gasteiger partial charge < -0.3 is 16.2 Å². The van der Waals surface area contributed by atoms with Crippen LogP contribution in [0, 0.1) is 23.7 Å². The number of aryl methyl sites for hydroxylation is 1. The molecule has 4 heteroatoms. The Morgan fingerprint density at radius 1 is 0.897 bits per heavy atom. The molecule has 4 nitrogen and oxygen atoms in total. The standard InChI is InChI=1S/C35H56N2O2/c1-4-5-6-7-28-10-16-31(17-11-28)32-18-12-29(13-19-32)8-9-30-14-20-33(21-15-30)34(22-26(2)23-36)25-39-35(38)27(3)24-37/h10-11,16-17,29-30,32-34H,2-9,12-15,18-25,36-37H2,1H3. The van der Waals surface area contributed by atoms with Crippen molar-refractivity contribution >= 4 is 5.97 Å². The van der Waals surface area contributed by atoms with E-state index in [-0.39, 0.29) is 18.4 Å². The van der Waals surface area contributed by atoms with Gasteiger partial charge >= 0.3 is 5.97 Å². The minimum Gasteiger partial charge on any atom is -0.462 e. The molecule has 1 atom stereocenters. The highest BCUT2D eigenvalue weighted by Gasteiger charge is 2.30. The fourth-order valence-electron chi connectivity index (χ4n) is 6.92. The van der Waals surface area contributed by atoms with Crippen LogP contribution in [0.1, 0.15) is 114 Å². The third kappa shape index (κ3) is 10.5. The van der Waals surface area contributed by atoms with Crippen LogP contribution in [0.15, 0.2) is 48.6 Å². The van der Waals surface area contributed by atoms with E-state index in [9.17, 15) is 4.79 Å². The predicted octanol–water partition coefficient (Wildman–Crippen LogP) is 7.86. The summed E-state index contributed by atoms with van der Waals surface area (Å²) in [5.41, 5.74) is 15.8. The van der Waals surface area contributed by atoms with Gasteiger partial charge in [0, 0.05) is 18.7 Å². The molecule has 4 N–H and O–H groups in total. The molecule has 2 saturated carbocycles. The van der Waals surface area contributed by atoms with Crippen LogP contribution in [0.4, 0.5) is 0 Å². The summed E-state index contributed by atoms with van der Waals surface area (Å²) in [6.45, 7) is 11.1. The molecule has 39 heavy (non-hydrogen) atoms. The highest BCUT2D eigenvalue weighted by atomic mass is 16.5. The molecule has 3 rings (SSSR count). The molecule has 0 heterocycles. The zero-order chi connectivity index (χ0) is 28.0. The quantitative estimate of drug-likeness (QED) is 0.0975. The third-order valence-corrected chi connectivity index (χ3v) is 9.71. The molecule has 218 valence electrons. The maximum Gasteiger partial charge on any atom is 0.334 e. The number of hydrogen-bond donors (Lipinski definition) is 2. The lowest BCUT2D eigenvalue weighted by molar-refractivity contribution is -0.141. The second-order valence-electron chi connectivity index (χ2n) is 12.6. The van der Waals surface area contributed by atoms with Crippen LogP contribution in [0.2, 0.25) is 0 Å². The average Bonchev–Trinajstić information content (AvgIpc) is 2.98. The first kappa shape index (κ1) is 31.6. The number of ether oxygens (including phenoxy) is 1. The molecule has 0 amide bonds. The average molecular weight is 537 g/mol. The van der Waals surface area contributed by atoms with Crippen molar-refractivity contribution in [3.63, 3.8) is 0 Å². The largest absolute Gasteiger partial charge is 0.462 e. The molecule has 1 unspecified atom stereocenters. The summed E-state index contributed by atoms with van der Waals surface area (Å²) < 4.78 is 5.57. The van der Waals surface area contributed by atoms with Gasteiger partial charge in [-0.1, -0.05) is 88.4 Å². The van der Waals surface area contributed by atoms with Crippen molar-refractivity contribution in [3.8, 4) is 0 Å². The zero-order valence-corrected chi connectivity index (χ0v) is 24.8. The number of carbonyl (C=O) groups is 1. The summed E-state index contributed by atoms with van der Waals surface area (Å²) in [7, 11) is 0. The summed E-state index contributed by atoms with van der Waals surface area (Å²) in [6.07, 6.45) is 19.3. The molecule has 0 radical (unpaired) electrons. The summed E-state index contributed by atoms with van der Waals surface area (Å²) in [5, 5.41) is 0. The Kier molecular flexibility index (Phi) is 13.8. The van der Waals surface area contributed by atoms with Crippen molar-refractivity contribution in [1.29, 1.82) is 0 Å². The van der Waals surface area contributed by atoms with Crippen molar-refractivity contribution in [2.24, 2.45) is 35.1 Å².